The Balaban J connectivity index is 1.25. The van der Waals surface area contributed by atoms with Crippen LogP contribution in [0.4, 0.5) is 5.95 Å². The predicted octanol–water partition coefficient (Wildman–Crippen LogP) is 1.67. The fourth-order valence-corrected chi connectivity index (χ4v) is 3.73. The van der Waals surface area contributed by atoms with Crippen molar-refractivity contribution in [3.8, 4) is 11.4 Å². The Morgan fingerprint density at radius 1 is 1.12 bits per heavy atom. The SMILES string of the molecule is CCC(C(=O)NCCN1CCN(c2ncccn2)CC1)n1nnc(-c2ccc(Cl)cc2)n1. The first kappa shape index (κ1) is 22.1. The third-order valence-corrected chi connectivity index (χ3v) is 5.69. The molecule has 11 heteroatoms. The second kappa shape index (κ2) is 10.5. The van der Waals surface area contributed by atoms with Crippen molar-refractivity contribution in [1.82, 2.24) is 40.4 Å². The predicted molar refractivity (Wildman–Crippen MR) is 121 cm³/mol. The first-order valence-electron chi connectivity index (χ1n) is 10.7. The lowest BCUT2D eigenvalue weighted by Crippen LogP contribution is -2.49. The third kappa shape index (κ3) is 5.38. The van der Waals surface area contributed by atoms with Crippen molar-refractivity contribution in [3.63, 3.8) is 0 Å². The first-order chi connectivity index (χ1) is 15.6. The molecule has 0 spiro atoms. The van der Waals surface area contributed by atoms with Crippen LogP contribution in [0.5, 0.6) is 0 Å². The van der Waals surface area contributed by atoms with E-state index in [1.165, 1.54) is 4.80 Å². The normalized spacial score (nSPS) is 15.5. The van der Waals surface area contributed by atoms with Gasteiger partial charge in [0.25, 0.3) is 0 Å². The molecule has 0 saturated carbocycles. The summed E-state index contributed by atoms with van der Waals surface area (Å²) in [6.45, 7) is 6.82. The molecule has 1 unspecified atom stereocenters. The lowest BCUT2D eigenvalue weighted by molar-refractivity contribution is -0.125. The van der Waals surface area contributed by atoms with Crippen LogP contribution in [0.15, 0.2) is 42.7 Å². The van der Waals surface area contributed by atoms with E-state index in [1.807, 2.05) is 25.1 Å². The number of amides is 1. The minimum Gasteiger partial charge on any atom is -0.353 e. The quantitative estimate of drug-likeness (QED) is 0.547. The second-order valence-electron chi connectivity index (χ2n) is 7.53. The van der Waals surface area contributed by atoms with E-state index in [4.69, 9.17) is 11.6 Å². The van der Waals surface area contributed by atoms with Gasteiger partial charge < -0.3 is 10.2 Å². The summed E-state index contributed by atoms with van der Waals surface area (Å²) in [5.74, 6) is 1.13. The third-order valence-electron chi connectivity index (χ3n) is 5.43. The van der Waals surface area contributed by atoms with E-state index in [9.17, 15) is 4.79 Å². The van der Waals surface area contributed by atoms with E-state index < -0.39 is 6.04 Å². The van der Waals surface area contributed by atoms with E-state index in [2.05, 4.69) is 40.5 Å². The van der Waals surface area contributed by atoms with Crippen LogP contribution in [0, 0.1) is 0 Å². The first-order valence-corrected chi connectivity index (χ1v) is 11.1. The summed E-state index contributed by atoms with van der Waals surface area (Å²) in [7, 11) is 0. The van der Waals surface area contributed by atoms with Gasteiger partial charge in [0, 0.05) is 62.2 Å². The number of rotatable bonds is 8. The number of carbonyl (C=O) groups excluding carboxylic acids is 1. The maximum Gasteiger partial charge on any atom is 0.246 e. The average molecular weight is 456 g/mol. The molecule has 1 atom stereocenters. The van der Waals surface area contributed by atoms with Crippen LogP contribution in [0.25, 0.3) is 11.4 Å². The Kier molecular flexibility index (Phi) is 7.23. The van der Waals surface area contributed by atoms with Gasteiger partial charge in [-0.05, 0) is 42.0 Å². The monoisotopic (exact) mass is 455 g/mol. The lowest BCUT2D eigenvalue weighted by atomic mass is 10.2. The molecule has 2 aromatic heterocycles. The van der Waals surface area contributed by atoms with Gasteiger partial charge in [-0.2, -0.15) is 4.80 Å². The number of halogens is 1. The average Bonchev–Trinajstić information content (AvgIpc) is 3.31. The molecule has 1 saturated heterocycles. The van der Waals surface area contributed by atoms with Crippen LogP contribution in [-0.2, 0) is 4.79 Å². The van der Waals surface area contributed by atoms with Crippen molar-refractivity contribution in [3.05, 3.63) is 47.7 Å². The zero-order chi connectivity index (χ0) is 22.3. The number of anilines is 1. The molecule has 1 fully saturated rings. The zero-order valence-electron chi connectivity index (χ0n) is 17.9. The Bertz CT molecular complexity index is 1000. The smallest absolute Gasteiger partial charge is 0.246 e. The van der Waals surface area contributed by atoms with E-state index >= 15 is 0 Å². The molecule has 10 nitrogen and oxygen atoms in total. The molecule has 0 radical (unpaired) electrons. The number of tetrazole rings is 1. The Morgan fingerprint density at radius 2 is 1.84 bits per heavy atom. The number of hydrogen-bond acceptors (Lipinski definition) is 8. The molecule has 4 rings (SSSR count). The minimum atomic E-state index is -0.504. The van der Waals surface area contributed by atoms with Crippen molar-refractivity contribution < 1.29 is 4.79 Å². The van der Waals surface area contributed by atoms with Gasteiger partial charge in [-0.25, -0.2) is 9.97 Å². The van der Waals surface area contributed by atoms with Crippen molar-refractivity contribution in [2.24, 2.45) is 0 Å². The van der Waals surface area contributed by atoms with Crippen molar-refractivity contribution in [2.75, 3.05) is 44.2 Å². The molecule has 0 aliphatic carbocycles. The lowest BCUT2D eigenvalue weighted by Gasteiger charge is -2.34. The highest BCUT2D eigenvalue weighted by molar-refractivity contribution is 6.30. The van der Waals surface area contributed by atoms with Gasteiger partial charge in [-0.1, -0.05) is 18.5 Å². The molecule has 1 aliphatic heterocycles. The molecule has 3 heterocycles. The van der Waals surface area contributed by atoms with Crippen LogP contribution in [0.2, 0.25) is 5.02 Å². The van der Waals surface area contributed by atoms with Gasteiger partial charge in [0.05, 0.1) is 0 Å². The Morgan fingerprint density at radius 3 is 2.53 bits per heavy atom. The van der Waals surface area contributed by atoms with Gasteiger partial charge in [0.2, 0.25) is 17.7 Å². The van der Waals surface area contributed by atoms with E-state index in [0.29, 0.717) is 23.8 Å². The van der Waals surface area contributed by atoms with E-state index in [1.54, 1.807) is 24.5 Å². The van der Waals surface area contributed by atoms with Gasteiger partial charge in [0.1, 0.15) is 0 Å². The van der Waals surface area contributed by atoms with Gasteiger partial charge in [-0.15, -0.1) is 10.2 Å². The molecule has 1 aromatic carbocycles. The molecule has 0 bridgehead atoms. The topological polar surface area (TPSA) is 105 Å². The fraction of sp³-hybridized carbons (Fsp3) is 0.429. The number of carbonyl (C=O) groups is 1. The van der Waals surface area contributed by atoms with E-state index in [0.717, 1.165) is 44.2 Å². The van der Waals surface area contributed by atoms with Gasteiger partial charge in [0.15, 0.2) is 6.04 Å². The number of piperazine rings is 1. The highest BCUT2D eigenvalue weighted by Gasteiger charge is 2.23. The highest BCUT2D eigenvalue weighted by Crippen LogP contribution is 2.18. The maximum absolute atomic E-state index is 12.7. The fourth-order valence-electron chi connectivity index (χ4n) is 3.61. The molecular formula is C21H26ClN9O. The number of nitrogens with zero attached hydrogens (tertiary/aromatic N) is 8. The molecule has 1 N–H and O–H groups in total. The number of aromatic nitrogens is 6. The summed E-state index contributed by atoms with van der Waals surface area (Å²) in [6, 6.07) is 8.51. The zero-order valence-corrected chi connectivity index (χ0v) is 18.7. The molecule has 1 amide bonds. The van der Waals surface area contributed by atoms with Crippen LogP contribution < -0.4 is 10.2 Å². The standard InChI is InChI=1S/C21H26ClN9O/c1-2-18(31-27-19(26-28-31)16-4-6-17(22)7-5-16)20(32)23-10-11-29-12-14-30(15-13-29)21-24-8-3-9-25-21/h3-9,18H,2,10-15H2,1H3,(H,23,32). The largest absolute Gasteiger partial charge is 0.353 e. The Hall–Kier alpha value is -3.11. The summed E-state index contributed by atoms with van der Waals surface area (Å²) in [6.07, 6.45) is 4.09. The summed E-state index contributed by atoms with van der Waals surface area (Å²) in [4.78, 5) is 27.3. The molecule has 168 valence electrons. The van der Waals surface area contributed by atoms with Crippen LogP contribution in [0.1, 0.15) is 19.4 Å². The summed E-state index contributed by atoms with van der Waals surface area (Å²) in [5.41, 5.74) is 0.802. The van der Waals surface area contributed by atoms with Crippen LogP contribution in [0.3, 0.4) is 0 Å². The number of hydrogen-bond donors (Lipinski definition) is 1. The Labute approximate surface area is 191 Å². The van der Waals surface area contributed by atoms with Crippen LogP contribution >= 0.6 is 11.6 Å². The van der Waals surface area contributed by atoms with Crippen molar-refractivity contribution in [2.45, 2.75) is 19.4 Å². The minimum absolute atomic E-state index is 0.108. The van der Waals surface area contributed by atoms with Gasteiger partial charge >= 0.3 is 0 Å². The van der Waals surface area contributed by atoms with Crippen molar-refractivity contribution in [1.29, 1.82) is 0 Å². The summed E-state index contributed by atoms with van der Waals surface area (Å²) < 4.78 is 0. The summed E-state index contributed by atoms with van der Waals surface area (Å²) >= 11 is 5.93. The number of benzene rings is 1. The van der Waals surface area contributed by atoms with Crippen molar-refractivity contribution >= 4 is 23.5 Å². The molecular weight excluding hydrogens is 430 g/mol. The molecule has 32 heavy (non-hydrogen) atoms. The molecule has 3 aromatic rings. The summed E-state index contributed by atoms with van der Waals surface area (Å²) in [5, 5.41) is 16.2. The second-order valence-corrected chi connectivity index (χ2v) is 7.97. The maximum atomic E-state index is 12.7. The number of nitrogens with one attached hydrogen (secondary N) is 1. The molecule has 1 aliphatic rings. The highest BCUT2D eigenvalue weighted by atomic mass is 35.5. The van der Waals surface area contributed by atoms with E-state index in [-0.39, 0.29) is 5.91 Å². The van der Waals surface area contributed by atoms with Gasteiger partial charge in [-0.3, -0.25) is 9.69 Å². The van der Waals surface area contributed by atoms with Crippen LogP contribution in [-0.4, -0.2) is 80.3 Å².